The van der Waals surface area contributed by atoms with Crippen LogP contribution in [0.2, 0.25) is 0 Å². The third-order valence-electron chi connectivity index (χ3n) is 8.29. The molecular formula is C40H24S. The van der Waals surface area contributed by atoms with Crippen LogP contribution in [0.5, 0.6) is 0 Å². The predicted molar refractivity (Wildman–Crippen MR) is 180 cm³/mol. The quantitative estimate of drug-likeness (QED) is 0.151. The van der Waals surface area contributed by atoms with Gasteiger partial charge in [-0.3, -0.25) is 0 Å². The zero-order chi connectivity index (χ0) is 30.4. The summed E-state index contributed by atoms with van der Waals surface area (Å²) < 4.78 is 39.1. The summed E-state index contributed by atoms with van der Waals surface area (Å²) in [4.78, 5) is 0. The number of fused-ring (bicyclic) bond motifs is 9. The van der Waals surface area contributed by atoms with Crippen LogP contribution < -0.4 is 0 Å². The summed E-state index contributed by atoms with van der Waals surface area (Å²) in [7, 11) is 0. The van der Waals surface area contributed by atoms with Gasteiger partial charge < -0.3 is 0 Å². The van der Waals surface area contributed by atoms with Crippen LogP contribution in [-0.2, 0) is 0 Å². The lowest BCUT2D eigenvalue weighted by molar-refractivity contribution is 1.63. The molecule has 0 nitrogen and oxygen atoms in total. The normalized spacial score (nSPS) is 13.3. The van der Waals surface area contributed by atoms with E-state index < -0.39 is 0 Å². The molecule has 0 N–H and O–H groups in total. The lowest BCUT2D eigenvalue weighted by Crippen LogP contribution is -1.85. The Hall–Kier alpha value is -4.98. The van der Waals surface area contributed by atoms with Crippen molar-refractivity contribution >= 4 is 74.6 Å². The standard InChI is InChI=1S/C40H24S/c1-3-9-32-26(6-1)16-17-31-22-30-8-5-11-33(36(30)24-37(31)32)28-14-12-25(13-15-28)29-19-21-39-38(23-29)35-20-18-27-7-2-4-10-34(27)40(35)41-39/h1-24H/i12D,13D,14D,15D. The Morgan fingerprint density at radius 1 is 0.390 bits per heavy atom. The van der Waals surface area contributed by atoms with Gasteiger partial charge in [-0.1, -0.05) is 121 Å². The number of thiophene rings is 1. The molecule has 0 aliphatic heterocycles. The Bertz CT molecular complexity index is 2680. The molecule has 0 saturated carbocycles. The number of hydrogen-bond acceptors (Lipinski definition) is 1. The van der Waals surface area contributed by atoms with E-state index in [1.165, 1.54) is 15.5 Å². The minimum atomic E-state index is -0.0298. The molecule has 0 bridgehead atoms. The van der Waals surface area contributed by atoms with Crippen LogP contribution in [0.3, 0.4) is 0 Å². The number of benzene rings is 8. The van der Waals surface area contributed by atoms with Crippen molar-refractivity contribution in [3.05, 3.63) is 145 Å². The number of hydrogen-bond donors (Lipinski definition) is 0. The summed E-state index contributed by atoms with van der Waals surface area (Å²) in [5, 5.41) is 11.0. The molecule has 9 aromatic rings. The van der Waals surface area contributed by atoms with E-state index in [0.717, 1.165) is 47.8 Å². The van der Waals surface area contributed by atoms with E-state index in [9.17, 15) is 2.74 Å². The van der Waals surface area contributed by atoms with Gasteiger partial charge in [-0.25, -0.2) is 0 Å². The molecule has 1 heterocycles. The summed E-state index contributed by atoms with van der Waals surface area (Å²) in [6.45, 7) is 0. The molecule has 0 spiro atoms. The van der Waals surface area contributed by atoms with Crippen molar-refractivity contribution in [1.82, 2.24) is 0 Å². The zero-order valence-corrected chi connectivity index (χ0v) is 22.8. The zero-order valence-electron chi connectivity index (χ0n) is 26.0. The highest BCUT2D eigenvalue weighted by Crippen LogP contribution is 2.40. The molecule has 1 aromatic heterocycles. The van der Waals surface area contributed by atoms with Gasteiger partial charge in [0.1, 0.15) is 0 Å². The van der Waals surface area contributed by atoms with Crippen LogP contribution in [0.1, 0.15) is 5.48 Å². The molecule has 8 aromatic carbocycles. The van der Waals surface area contributed by atoms with E-state index in [1.54, 1.807) is 11.3 Å². The van der Waals surface area contributed by atoms with Gasteiger partial charge in [0.25, 0.3) is 0 Å². The van der Waals surface area contributed by atoms with Gasteiger partial charge in [-0.05, 0) is 89.6 Å². The second-order valence-electron chi connectivity index (χ2n) is 10.6. The third-order valence-corrected chi connectivity index (χ3v) is 9.51. The van der Waals surface area contributed by atoms with Crippen LogP contribution in [-0.4, -0.2) is 0 Å². The second-order valence-corrected chi connectivity index (χ2v) is 11.7. The minimum Gasteiger partial charge on any atom is -0.135 e. The maximum Gasteiger partial charge on any atom is 0.0629 e. The van der Waals surface area contributed by atoms with E-state index >= 15 is 0 Å². The lowest BCUT2D eigenvalue weighted by atomic mass is 9.92. The first-order valence-corrected chi connectivity index (χ1v) is 14.6. The number of rotatable bonds is 2. The largest absolute Gasteiger partial charge is 0.135 e. The van der Waals surface area contributed by atoms with Crippen LogP contribution >= 0.6 is 11.3 Å². The molecule has 0 fully saturated rings. The monoisotopic (exact) mass is 540 g/mol. The Kier molecular flexibility index (Phi) is 4.09. The fraction of sp³-hybridized carbons (Fsp3) is 0. The maximum atomic E-state index is 9.20. The lowest BCUT2D eigenvalue weighted by Gasteiger charge is -2.11. The van der Waals surface area contributed by atoms with E-state index in [2.05, 4.69) is 66.7 Å². The molecule has 9 rings (SSSR count). The highest BCUT2D eigenvalue weighted by Gasteiger charge is 2.11. The summed E-state index contributed by atoms with van der Waals surface area (Å²) >= 11 is 1.74. The van der Waals surface area contributed by atoms with Gasteiger partial charge in [-0.15, -0.1) is 11.3 Å². The fourth-order valence-electron chi connectivity index (χ4n) is 6.25. The van der Waals surface area contributed by atoms with Gasteiger partial charge in [0, 0.05) is 20.2 Å². The van der Waals surface area contributed by atoms with E-state index in [4.69, 9.17) is 2.74 Å². The predicted octanol–water partition coefficient (Wildman–Crippen LogP) is 12.0. The Morgan fingerprint density at radius 2 is 1.07 bits per heavy atom. The summed E-state index contributed by atoms with van der Waals surface area (Å²) in [5.74, 6) is 0. The Labute approximate surface area is 247 Å². The van der Waals surface area contributed by atoms with Crippen LogP contribution in [0.25, 0.3) is 85.5 Å². The highest BCUT2D eigenvalue weighted by atomic mass is 32.1. The summed E-state index contributed by atoms with van der Waals surface area (Å²) in [6.07, 6.45) is 0. The van der Waals surface area contributed by atoms with Gasteiger partial charge in [0.15, 0.2) is 0 Å². The molecule has 0 amide bonds. The average Bonchev–Trinajstić information content (AvgIpc) is 3.45. The van der Waals surface area contributed by atoms with E-state index in [1.807, 2.05) is 54.6 Å². The Balaban J connectivity index is 1.26. The summed E-state index contributed by atoms with van der Waals surface area (Å²) in [5.41, 5.74) is 2.05. The molecule has 0 atom stereocenters. The molecule has 0 radical (unpaired) electrons. The molecule has 0 aliphatic rings. The van der Waals surface area contributed by atoms with Gasteiger partial charge in [0.05, 0.1) is 5.48 Å². The first-order chi connectivity index (χ1) is 22.0. The third kappa shape index (κ3) is 3.53. The second kappa shape index (κ2) is 8.76. The van der Waals surface area contributed by atoms with Crippen molar-refractivity contribution in [2.45, 2.75) is 0 Å². The van der Waals surface area contributed by atoms with Crippen molar-refractivity contribution in [1.29, 1.82) is 0 Å². The van der Waals surface area contributed by atoms with Gasteiger partial charge in [-0.2, -0.15) is 0 Å². The van der Waals surface area contributed by atoms with E-state index in [-0.39, 0.29) is 24.2 Å². The molecule has 190 valence electrons. The molecule has 1 heteroatoms. The molecule has 41 heavy (non-hydrogen) atoms. The SMILES string of the molecule is [2H]c1c([2H])c(-c2cccc3cc4ccc5ccccc5c4cc23)c([2H])c([2H])c1-c1ccc2sc3c4ccccc4ccc3c2c1. The molecular weight excluding hydrogens is 513 g/mol. The summed E-state index contributed by atoms with van der Waals surface area (Å²) in [6, 6.07) is 41.3. The van der Waals surface area contributed by atoms with E-state index in [0.29, 0.717) is 22.3 Å². The first-order valence-electron chi connectivity index (χ1n) is 15.8. The Morgan fingerprint density at radius 3 is 1.95 bits per heavy atom. The fourth-order valence-corrected chi connectivity index (χ4v) is 7.47. The van der Waals surface area contributed by atoms with Crippen LogP contribution in [0.15, 0.2) is 145 Å². The minimum absolute atomic E-state index is 0.0291. The smallest absolute Gasteiger partial charge is 0.0629 e. The molecule has 0 unspecified atom stereocenters. The van der Waals surface area contributed by atoms with Crippen LogP contribution in [0.4, 0.5) is 0 Å². The molecule has 0 aliphatic carbocycles. The topological polar surface area (TPSA) is 0 Å². The van der Waals surface area contributed by atoms with Gasteiger partial charge in [0.2, 0.25) is 0 Å². The van der Waals surface area contributed by atoms with Crippen molar-refractivity contribution in [2.24, 2.45) is 0 Å². The van der Waals surface area contributed by atoms with Crippen molar-refractivity contribution in [3.63, 3.8) is 0 Å². The van der Waals surface area contributed by atoms with Crippen LogP contribution in [0, 0.1) is 0 Å². The first kappa shape index (κ1) is 19.2. The average molecular weight is 541 g/mol. The maximum absolute atomic E-state index is 9.20. The van der Waals surface area contributed by atoms with Crippen molar-refractivity contribution in [3.8, 4) is 22.3 Å². The van der Waals surface area contributed by atoms with Crippen molar-refractivity contribution in [2.75, 3.05) is 0 Å². The van der Waals surface area contributed by atoms with Crippen molar-refractivity contribution < 1.29 is 5.48 Å². The van der Waals surface area contributed by atoms with Gasteiger partial charge >= 0.3 is 0 Å². The highest BCUT2D eigenvalue weighted by molar-refractivity contribution is 7.26. The molecule has 0 saturated heterocycles.